The van der Waals surface area contributed by atoms with E-state index in [2.05, 4.69) is 13.3 Å². The van der Waals surface area contributed by atoms with Crippen LogP contribution in [0.2, 0.25) is 13.3 Å². The van der Waals surface area contributed by atoms with Crippen molar-refractivity contribution in [2.45, 2.75) is 13.3 Å². The second kappa shape index (κ2) is 69.1. The fraction of sp³-hybridized carbons (Fsp3) is 1.00. The summed E-state index contributed by atoms with van der Waals surface area (Å²) in [5.74, 6) is 0. The van der Waals surface area contributed by atoms with Gasteiger partial charge in [-0.15, -0.1) is 0 Å². The Morgan fingerprint density at radius 3 is 0.571 bits per heavy atom. The van der Waals surface area contributed by atoms with Crippen molar-refractivity contribution in [1.82, 2.24) is 0 Å². The predicted molar refractivity (Wildman–Crippen MR) is 21.0 cm³/mol. The van der Waals surface area contributed by atoms with E-state index in [1.807, 2.05) is 0 Å². The maximum Gasteiger partial charge on any atom is -3.00 e. The van der Waals surface area contributed by atoms with Crippen LogP contribution < -0.4 is 0 Å². The Morgan fingerprint density at radius 1 is 0.571 bits per heavy atom. The van der Waals surface area contributed by atoms with Crippen LogP contribution in [0.5, 0.6) is 0 Å². The molecule has 0 aliphatic heterocycles. The van der Waals surface area contributed by atoms with Gasteiger partial charge < -0.3 is 6.15 Å². The summed E-state index contributed by atoms with van der Waals surface area (Å²) in [6.07, 6.45) is 0. The molecule has 32 valence electrons. The smallest absolute Gasteiger partial charge is 3.00 e. The van der Waals surface area contributed by atoms with Crippen LogP contribution in [-0.2, 0) is 78.4 Å². The van der Waals surface area contributed by atoms with E-state index >= 15 is 0 Å². The molecule has 0 fully saturated rings. The molecule has 0 aliphatic carbocycles. The summed E-state index contributed by atoms with van der Waals surface area (Å²) in [6, 6.07) is 0. The topological polar surface area (TPSA) is 30.5 Å². The van der Waals surface area contributed by atoms with E-state index in [9.17, 15) is 0 Å². The Morgan fingerprint density at radius 2 is 0.571 bits per heavy atom. The minimum atomic E-state index is 0. The molecule has 0 radical (unpaired) electrons. The van der Waals surface area contributed by atoms with Crippen molar-refractivity contribution < 1.29 is 78.4 Å². The molecule has 0 aromatic carbocycles. The van der Waals surface area contributed by atoms with E-state index in [4.69, 9.17) is 0 Å². The summed E-state index contributed by atoms with van der Waals surface area (Å²) < 4.78 is 6.58. The van der Waals surface area contributed by atoms with Gasteiger partial charge in [-0.3, -0.25) is 0 Å². The van der Waals surface area contributed by atoms with Crippen LogP contribution in [0.15, 0.2) is 0 Å². The molecular weight excluding hydrogens is 652 g/mol. The third-order valence-electron chi connectivity index (χ3n) is 0. The molecule has 0 heterocycles. The maximum absolute atomic E-state index is 2.19. The van der Waals surface area contributed by atoms with Crippen LogP contribution in [0.3, 0.4) is 0 Å². The van der Waals surface area contributed by atoms with Gasteiger partial charge >= 0.3 is 91.7 Å². The summed E-state index contributed by atoms with van der Waals surface area (Å²) in [5.41, 5.74) is 0. The Kier molecular flexibility index (Phi) is 223. The van der Waals surface area contributed by atoms with E-state index in [0.717, 1.165) is 78.4 Å². The average Bonchev–Trinajstić information content (AvgIpc) is 1.81. The number of rotatable bonds is 0. The minimum absolute atomic E-state index is 0. The van der Waals surface area contributed by atoms with E-state index in [-0.39, 0.29) is 6.15 Å². The van der Waals surface area contributed by atoms with E-state index in [1.54, 1.807) is 0 Å². The normalized spacial score (nSPS) is 3.00. The van der Waals surface area contributed by atoms with E-state index in [0.29, 0.717) is 0 Å². The van der Waals surface area contributed by atoms with E-state index < -0.39 is 0 Å². The van der Waals surface area contributed by atoms with Crippen molar-refractivity contribution in [2.75, 3.05) is 0 Å². The largest absolute Gasteiger partial charge is 3.00 e. The average molecular weight is 661 g/mol. The van der Waals surface area contributed by atoms with Crippen molar-refractivity contribution in [3.63, 3.8) is 0 Å². The Labute approximate surface area is 95.9 Å². The van der Waals surface area contributed by atoms with Gasteiger partial charge in [-0.05, 0) is 0 Å². The molecule has 0 atom stereocenters. The molecular formula is C3H9Hg3N. The number of hydrogen-bond acceptors (Lipinski definition) is 0. The molecule has 0 bridgehead atoms. The summed E-state index contributed by atoms with van der Waals surface area (Å²) >= 11 is 3.08. The molecule has 0 saturated heterocycles. The van der Waals surface area contributed by atoms with Crippen LogP contribution in [0.25, 0.3) is 6.15 Å². The second-order valence-electron chi connectivity index (χ2n) is 0. The summed E-state index contributed by atoms with van der Waals surface area (Å²) in [6.45, 7) is 0. The van der Waals surface area contributed by atoms with Gasteiger partial charge in [0.05, 0.1) is 0 Å². The van der Waals surface area contributed by atoms with Crippen molar-refractivity contribution in [2.24, 2.45) is 0 Å². The molecule has 0 unspecified atom stereocenters. The zero-order valence-electron chi connectivity index (χ0n) is 5.57. The first-order valence-corrected chi connectivity index (χ1v) is 18.6. The monoisotopic (exact) mass is 665 g/mol. The number of hydrogen-bond donors (Lipinski definition) is 0. The second-order valence-corrected chi connectivity index (χ2v) is 0. The van der Waals surface area contributed by atoms with Gasteiger partial charge in [-0.25, -0.2) is 0 Å². The molecule has 0 spiro atoms. The van der Waals surface area contributed by atoms with Gasteiger partial charge in [-0.2, -0.15) is 0 Å². The minimum Gasteiger partial charge on any atom is -3.00 e. The SMILES string of the molecule is [CH3][Hg+].[CH3][Hg+].[CH3][Hg+].[N-3]. The molecule has 1 nitrogen and oxygen atoms in total. The predicted octanol–water partition coefficient (Wildman–Crippen LogP) is 2.03. The van der Waals surface area contributed by atoms with Crippen LogP contribution in [0, 0.1) is 0 Å². The Bertz CT molecular complexity index is 10.1. The molecule has 0 aliphatic rings. The molecule has 0 N–H and O–H groups in total. The van der Waals surface area contributed by atoms with Crippen LogP contribution >= 0.6 is 0 Å². The van der Waals surface area contributed by atoms with E-state index in [1.165, 1.54) is 0 Å². The third kappa shape index (κ3) is 52.5. The first kappa shape index (κ1) is 22.6. The van der Waals surface area contributed by atoms with Crippen molar-refractivity contribution in [3.8, 4) is 0 Å². The van der Waals surface area contributed by atoms with Gasteiger partial charge in [0.15, 0.2) is 0 Å². The fourth-order valence-electron chi connectivity index (χ4n) is 0. The molecule has 0 rings (SSSR count). The molecule has 4 heteroatoms. The van der Waals surface area contributed by atoms with Gasteiger partial charge in [0.25, 0.3) is 0 Å². The van der Waals surface area contributed by atoms with Crippen LogP contribution in [0.1, 0.15) is 0 Å². The van der Waals surface area contributed by atoms with Gasteiger partial charge in [0.2, 0.25) is 0 Å². The van der Waals surface area contributed by atoms with Gasteiger partial charge in [0.1, 0.15) is 0 Å². The van der Waals surface area contributed by atoms with Crippen LogP contribution in [-0.4, -0.2) is 0 Å². The summed E-state index contributed by atoms with van der Waals surface area (Å²) in [4.78, 5) is 0. The zero-order valence-corrected chi connectivity index (χ0v) is 22.1. The molecule has 7 heavy (non-hydrogen) atoms. The molecule has 0 saturated carbocycles. The third-order valence-corrected chi connectivity index (χ3v) is 0. The number of nitrogens with zero attached hydrogens (tertiary/aromatic N) is 1. The summed E-state index contributed by atoms with van der Waals surface area (Å²) in [7, 11) is 0. The Balaban J connectivity index is -0.00000000900. The van der Waals surface area contributed by atoms with Gasteiger partial charge in [0, 0.05) is 0 Å². The standard InChI is InChI=1S/3CH3.3Hg.N/h3*1H3;;;;/q;;;3*+1;-3. The van der Waals surface area contributed by atoms with Crippen molar-refractivity contribution in [3.05, 3.63) is 6.15 Å². The van der Waals surface area contributed by atoms with Crippen molar-refractivity contribution >= 4 is 0 Å². The molecule has 0 amide bonds. The van der Waals surface area contributed by atoms with Gasteiger partial charge in [-0.1, -0.05) is 0 Å². The quantitative estimate of drug-likeness (QED) is 0.357. The maximum atomic E-state index is 2.19. The van der Waals surface area contributed by atoms with Crippen LogP contribution in [0.4, 0.5) is 0 Å². The fourth-order valence-corrected chi connectivity index (χ4v) is 0. The summed E-state index contributed by atoms with van der Waals surface area (Å²) in [5, 5.41) is 0. The first-order valence-electron chi connectivity index (χ1n) is 2.12. The Hall–Kier alpha value is 2.77. The van der Waals surface area contributed by atoms with Crippen molar-refractivity contribution in [1.29, 1.82) is 0 Å². The zero-order chi connectivity index (χ0) is 6.00. The molecule has 0 aromatic heterocycles. The molecule has 0 aromatic rings. The first-order chi connectivity index (χ1) is 3.00.